The number of hydrogen-bond acceptors (Lipinski definition) is 3. The van der Waals surface area contributed by atoms with Crippen LogP contribution < -0.4 is 4.90 Å². The van der Waals surface area contributed by atoms with Gasteiger partial charge in [0.25, 0.3) is 5.91 Å². The largest absolute Gasteiger partial charge is 0.375 e. The third-order valence-electron chi connectivity index (χ3n) is 6.18. The van der Waals surface area contributed by atoms with Gasteiger partial charge in [-0.1, -0.05) is 59.7 Å². The van der Waals surface area contributed by atoms with E-state index < -0.39 is 11.5 Å². The SMILES string of the molecule is Cc1ccc(C)c(CN2C(=O)C(O)(CC(=O)c3cc(C)ccc3C)c3ccccc32)c1. The maximum Gasteiger partial charge on any atom is 0.264 e. The molecule has 3 aromatic rings. The Morgan fingerprint density at radius 3 is 2.29 bits per heavy atom. The van der Waals surface area contributed by atoms with Crippen LogP contribution in [0.15, 0.2) is 60.7 Å². The minimum absolute atomic E-state index is 0.236. The molecule has 4 heteroatoms. The molecule has 1 N–H and O–H groups in total. The fourth-order valence-corrected chi connectivity index (χ4v) is 4.34. The van der Waals surface area contributed by atoms with E-state index in [4.69, 9.17) is 0 Å². The van der Waals surface area contributed by atoms with Gasteiger partial charge in [0.1, 0.15) is 0 Å². The van der Waals surface area contributed by atoms with Crippen LogP contribution in [-0.2, 0) is 16.9 Å². The first-order valence-electron chi connectivity index (χ1n) is 10.5. The van der Waals surface area contributed by atoms with E-state index >= 15 is 0 Å². The molecule has 0 spiro atoms. The molecule has 31 heavy (non-hydrogen) atoms. The second kappa shape index (κ2) is 7.78. The van der Waals surface area contributed by atoms with Crippen LogP contribution in [0, 0.1) is 27.7 Å². The molecule has 0 saturated heterocycles. The summed E-state index contributed by atoms with van der Waals surface area (Å²) in [5, 5.41) is 11.6. The first-order valence-corrected chi connectivity index (χ1v) is 10.5. The number of benzene rings is 3. The third kappa shape index (κ3) is 3.68. The van der Waals surface area contributed by atoms with Crippen LogP contribution in [-0.4, -0.2) is 16.8 Å². The summed E-state index contributed by atoms with van der Waals surface area (Å²) < 4.78 is 0. The standard InChI is InChI=1S/C27H27NO3/c1-17-9-11-19(3)21(13-17)16-28-24-8-6-5-7-23(24)27(31,26(28)30)15-25(29)22-14-18(2)10-12-20(22)4/h5-14,31H,15-16H2,1-4H3. The predicted octanol–water partition coefficient (Wildman–Crippen LogP) is 4.93. The molecule has 1 unspecified atom stereocenters. The van der Waals surface area contributed by atoms with E-state index in [9.17, 15) is 14.7 Å². The number of amides is 1. The van der Waals surface area contributed by atoms with Crippen molar-refractivity contribution in [2.45, 2.75) is 46.3 Å². The molecule has 1 aliphatic heterocycles. The second-order valence-corrected chi connectivity index (χ2v) is 8.62. The zero-order chi connectivity index (χ0) is 22.3. The van der Waals surface area contributed by atoms with E-state index in [0.29, 0.717) is 23.4 Å². The molecule has 0 aromatic heterocycles. The van der Waals surface area contributed by atoms with Crippen LogP contribution in [0.2, 0.25) is 0 Å². The molecule has 1 amide bonds. The summed E-state index contributed by atoms with van der Waals surface area (Å²) in [6, 6.07) is 19.0. The predicted molar refractivity (Wildman–Crippen MR) is 122 cm³/mol. The molecule has 3 aromatic carbocycles. The average Bonchev–Trinajstić information content (AvgIpc) is 2.94. The van der Waals surface area contributed by atoms with Crippen LogP contribution in [0.5, 0.6) is 0 Å². The highest BCUT2D eigenvalue weighted by Crippen LogP contribution is 2.43. The number of anilines is 1. The number of aliphatic hydroxyl groups is 1. The van der Waals surface area contributed by atoms with Crippen molar-refractivity contribution < 1.29 is 14.7 Å². The Kier molecular flexibility index (Phi) is 5.28. The van der Waals surface area contributed by atoms with Gasteiger partial charge in [-0.3, -0.25) is 9.59 Å². The van der Waals surface area contributed by atoms with Gasteiger partial charge in [0.05, 0.1) is 18.7 Å². The van der Waals surface area contributed by atoms with Gasteiger partial charge < -0.3 is 10.0 Å². The van der Waals surface area contributed by atoms with Gasteiger partial charge in [0, 0.05) is 11.1 Å². The summed E-state index contributed by atoms with van der Waals surface area (Å²) in [6.45, 7) is 8.17. The minimum atomic E-state index is -1.87. The van der Waals surface area contributed by atoms with Gasteiger partial charge in [0.15, 0.2) is 11.4 Å². The lowest BCUT2D eigenvalue weighted by molar-refractivity contribution is -0.136. The maximum absolute atomic E-state index is 13.5. The number of ketones is 1. The molecule has 0 fully saturated rings. The first-order chi connectivity index (χ1) is 14.7. The van der Waals surface area contributed by atoms with Gasteiger partial charge in [0.2, 0.25) is 0 Å². The molecule has 1 aliphatic rings. The highest BCUT2D eigenvalue weighted by Gasteiger charge is 2.50. The number of nitrogens with zero attached hydrogens (tertiary/aromatic N) is 1. The molecular formula is C27H27NO3. The lowest BCUT2D eigenvalue weighted by atomic mass is 9.87. The molecular weight excluding hydrogens is 386 g/mol. The highest BCUT2D eigenvalue weighted by molar-refractivity contribution is 6.11. The molecule has 4 nitrogen and oxygen atoms in total. The fourth-order valence-electron chi connectivity index (χ4n) is 4.34. The van der Waals surface area contributed by atoms with Crippen LogP contribution in [0.4, 0.5) is 5.69 Å². The van der Waals surface area contributed by atoms with E-state index in [1.165, 1.54) is 0 Å². The van der Waals surface area contributed by atoms with E-state index in [2.05, 4.69) is 6.07 Å². The van der Waals surface area contributed by atoms with Crippen molar-refractivity contribution in [3.05, 3.63) is 99.6 Å². The Bertz CT molecular complexity index is 1200. The second-order valence-electron chi connectivity index (χ2n) is 8.62. The number of aryl methyl sites for hydroxylation is 4. The first kappa shape index (κ1) is 21.0. The summed E-state index contributed by atoms with van der Waals surface area (Å²) in [4.78, 5) is 28.3. The highest BCUT2D eigenvalue weighted by atomic mass is 16.3. The lowest BCUT2D eigenvalue weighted by Gasteiger charge is -2.24. The topological polar surface area (TPSA) is 57.6 Å². The number of carbonyl (C=O) groups excluding carboxylic acids is 2. The number of carbonyl (C=O) groups is 2. The fraction of sp³-hybridized carbons (Fsp3) is 0.259. The summed E-state index contributed by atoms with van der Waals surface area (Å²) in [5.74, 6) is -0.686. The Hall–Kier alpha value is -3.24. The van der Waals surface area contributed by atoms with Gasteiger partial charge >= 0.3 is 0 Å². The van der Waals surface area contributed by atoms with Crippen molar-refractivity contribution in [2.24, 2.45) is 0 Å². The molecule has 0 aliphatic carbocycles. The van der Waals surface area contributed by atoms with Gasteiger partial charge in [-0.15, -0.1) is 0 Å². The molecule has 158 valence electrons. The zero-order valence-corrected chi connectivity index (χ0v) is 18.4. The van der Waals surface area contributed by atoms with Crippen molar-refractivity contribution in [1.82, 2.24) is 0 Å². The number of hydrogen-bond donors (Lipinski definition) is 1. The number of fused-ring (bicyclic) bond motifs is 1. The molecule has 0 saturated carbocycles. The molecule has 1 atom stereocenters. The van der Waals surface area contributed by atoms with Crippen molar-refractivity contribution in [2.75, 3.05) is 4.90 Å². The van der Waals surface area contributed by atoms with Crippen LogP contribution in [0.3, 0.4) is 0 Å². The van der Waals surface area contributed by atoms with Gasteiger partial charge in [-0.05, 0) is 56.5 Å². The number of para-hydroxylation sites is 1. The van der Waals surface area contributed by atoms with E-state index in [1.54, 1.807) is 17.0 Å². The van der Waals surface area contributed by atoms with Crippen LogP contribution in [0.25, 0.3) is 0 Å². The summed E-state index contributed by atoms with van der Waals surface area (Å²) in [5.41, 5.74) is 4.84. The maximum atomic E-state index is 13.5. The monoisotopic (exact) mass is 413 g/mol. The minimum Gasteiger partial charge on any atom is -0.375 e. The van der Waals surface area contributed by atoms with Crippen molar-refractivity contribution in [3.8, 4) is 0 Å². The normalized spacial score (nSPS) is 17.7. The van der Waals surface area contributed by atoms with Crippen LogP contribution >= 0.6 is 0 Å². The summed E-state index contributed by atoms with van der Waals surface area (Å²) in [7, 11) is 0. The smallest absolute Gasteiger partial charge is 0.264 e. The van der Waals surface area contributed by atoms with Gasteiger partial charge in [-0.2, -0.15) is 0 Å². The Labute approximate surface area is 183 Å². The van der Waals surface area contributed by atoms with Crippen molar-refractivity contribution in [3.63, 3.8) is 0 Å². The average molecular weight is 414 g/mol. The summed E-state index contributed by atoms with van der Waals surface area (Å²) >= 11 is 0. The van der Waals surface area contributed by atoms with Crippen molar-refractivity contribution >= 4 is 17.4 Å². The quantitative estimate of drug-likeness (QED) is 0.604. The van der Waals surface area contributed by atoms with E-state index in [0.717, 1.165) is 27.8 Å². The molecule has 1 heterocycles. The van der Waals surface area contributed by atoms with Crippen LogP contribution in [0.1, 0.15) is 50.2 Å². The van der Waals surface area contributed by atoms with Crippen molar-refractivity contribution in [1.29, 1.82) is 0 Å². The van der Waals surface area contributed by atoms with Gasteiger partial charge in [-0.25, -0.2) is 0 Å². The molecule has 0 bridgehead atoms. The lowest BCUT2D eigenvalue weighted by Crippen LogP contribution is -2.41. The molecule has 4 rings (SSSR count). The van der Waals surface area contributed by atoms with E-state index in [-0.39, 0.29) is 12.2 Å². The third-order valence-corrected chi connectivity index (χ3v) is 6.18. The molecule has 0 radical (unpaired) electrons. The Morgan fingerprint density at radius 2 is 1.55 bits per heavy atom. The Balaban J connectivity index is 1.72. The summed E-state index contributed by atoms with van der Waals surface area (Å²) in [6.07, 6.45) is -0.281. The Morgan fingerprint density at radius 1 is 0.903 bits per heavy atom. The number of rotatable bonds is 5. The van der Waals surface area contributed by atoms with E-state index in [1.807, 2.05) is 70.2 Å². The number of Topliss-reactive ketones (excluding diaryl/α,β-unsaturated/α-hetero) is 1. The zero-order valence-electron chi connectivity index (χ0n) is 18.4.